The Bertz CT molecular complexity index is 1350. The summed E-state index contributed by atoms with van der Waals surface area (Å²) in [5, 5.41) is 2.90. The summed E-state index contributed by atoms with van der Waals surface area (Å²) < 4.78 is 51.6. The van der Waals surface area contributed by atoms with Gasteiger partial charge in [0.1, 0.15) is 23.0 Å². The van der Waals surface area contributed by atoms with E-state index >= 15 is 0 Å². The van der Waals surface area contributed by atoms with Crippen LogP contribution >= 0.6 is 0 Å². The van der Waals surface area contributed by atoms with Crippen LogP contribution in [0.15, 0.2) is 65.7 Å². The third kappa shape index (κ3) is 5.18. The van der Waals surface area contributed by atoms with Crippen molar-refractivity contribution in [1.82, 2.24) is 9.80 Å². The Hall–Kier alpha value is -4.21. The van der Waals surface area contributed by atoms with Crippen LogP contribution in [0.2, 0.25) is 0 Å². The van der Waals surface area contributed by atoms with Crippen molar-refractivity contribution in [3.05, 3.63) is 77.4 Å². The van der Waals surface area contributed by atoms with Gasteiger partial charge in [-0.2, -0.15) is 13.2 Å². The summed E-state index contributed by atoms with van der Waals surface area (Å²) in [5.74, 6) is 1.71. The molecule has 3 aromatic rings. The van der Waals surface area contributed by atoms with Gasteiger partial charge in [-0.25, -0.2) is 9.79 Å². The number of aryl methyl sites for hydroxylation is 1. The second-order valence-electron chi connectivity index (χ2n) is 8.85. The number of piperazine rings is 1. The fourth-order valence-corrected chi connectivity index (χ4v) is 4.26. The molecule has 7 nitrogen and oxygen atoms in total. The summed E-state index contributed by atoms with van der Waals surface area (Å²) >= 11 is 0. The highest BCUT2D eigenvalue weighted by Crippen LogP contribution is 2.42. The Morgan fingerprint density at radius 2 is 1.68 bits per heavy atom. The molecule has 2 heterocycles. The molecule has 0 saturated carbocycles. The Labute approximate surface area is 212 Å². The summed E-state index contributed by atoms with van der Waals surface area (Å²) in [4.78, 5) is 21.1. The monoisotopic (exact) mass is 510 g/mol. The molecule has 0 bridgehead atoms. The van der Waals surface area contributed by atoms with Crippen molar-refractivity contribution >= 4 is 23.2 Å². The average molecular weight is 511 g/mol. The van der Waals surface area contributed by atoms with Gasteiger partial charge in [0.2, 0.25) is 0 Å². The molecule has 0 aliphatic carbocycles. The second-order valence-corrected chi connectivity index (χ2v) is 8.85. The number of amidine groups is 1. The summed E-state index contributed by atoms with van der Waals surface area (Å²) in [6, 6.07) is 15.8. The number of fused-ring (bicyclic) bond motifs is 2. The molecular formula is C27H25F3N4O3. The first-order chi connectivity index (χ1) is 17.7. The van der Waals surface area contributed by atoms with Crippen LogP contribution in [0.4, 0.5) is 29.3 Å². The number of benzene rings is 3. The van der Waals surface area contributed by atoms with E-state index in [1.165, 1.54) is 13.2 Å². The van der Waals surface area contributed by atoms with E-state index in [9.17, 15) is 18.0 Å². The third-order valence-corrected chi connectivity index (χ3v) is 6.33. The molecule has 0 spiro atoms. The predicted molar refractivity (Wildman–Crippen MR) is 134 cm³/mol. The summed E-state index contributed by atoms with van der Waals surface area (Å²) in [6.45, 7) is 3.66. The first-order valence-electron chi connectivity index (χ1n) is 11.7. The van der Waals surface area contributed by atoms with Gasteiger partial charge in [0.05, 0.1) is 18.2 Å². The normalized spacial score (nSPS) is 15.1. The Morgan fingerprint density at radius 1 is 0.973 bits per heavy atom. The van der Waals surface area contributed by atoms with Crippen LogP contribution in [-0.2, 0) is 6.18 Å². The molecule has 1 N–H and O–H groups in total. The lowest BCUT2D eigenvalue weighted by Crippen LogP contribution is -2.51. The van der Waals surface area contributed by atoms with Crippen molar-refractivity contribution in [3.63, 3.8) is 0 Å². The fraction of sp³-hybridized carbons (Fsp3) is 0.259. The van der Waals surface area contributed by atoms with Crippen LogP contribution in [-0.4, -0.2) is 55.0 Å². The van der Waals surface area contributed by atoms with Gasteiger partial charge in [0, 0.05) is 31.9 Å². The summed E-state index contributed by atoms with van der Waals surface area (Å²) in [7, 11) is 1.53. The summed E-state index contributed by atoms with van der Waals surface area (Å²) in [6.07, 6.45) is -4.51. The van der Waals surface area contributed by atoms with E-state index in [2.05, 4.69) is 10.3 Å². The van der Waals surface area contributed by atoms with Gasteiger partial charge in [-0.15, -0.1) is 0 Å². The number of ether oxygens (including phenoxy) is 2. The van der Waals surface area contributed by atoms with E-state index in [0.717, 1.165) is 17.7 Å². The minimum absolute atomic E-state index is 0.0829. The van der Waals surface area contributed by atoms with Crippen LogP contribution in [0.25, 0.3) is 0 Å². The maximum Gasteiger partial charge on any atom is 0.416 e. The Balaban J connectivity index is 1.42. The zero-order chi connectivity index (χ0) is 26.2. The maximum atomic E-state index is 13.4. The maximum absolute atomic E-state index is 13.4. The number of carbonyl (C=O) groups is 1. The number of nitrogens with zero attached hydrogens (tertiary/aromatic N) is 3. The van der Waals surface area contributed by atoms with E-state index in [1.54, 1.807) is 23.1 Å². The van der Waals surface area contributed by atoms with Crippen LogP contribution in [0.3, 0.4) is 0 Å². The number of alkyl halides is 3. The standard InChI is InChI=1S/C27H25F3N4O3/c1-17-3-6-19(7-4-17)31-26(35)34-13-11-33(12-14-34)25-21-16-20(36-2)8-10-23(21)37-24-9-5-18(27(28,29)30)15-22(24)32-25/h3-10,15-16H,11-14H2,1-2H3,(H,31,35). The zero-order valence-electron chi connectivity index (χ0n) is 20.3. The quantitative estimate of drug-likeness (QED) is 0.456. The number of methoxy groups -OCH3 is 1. The molecule has 0 radical (unpaired) electrons. The SMILES string of the molecule is COc1ccc2c(c1)C(N1CCN(C(=O)Nc3ccc(C)cc3)CC1)=Nc1cc(C(F)(F)F)ccc1O2. The van der Waals surface area contributed by atoms with E-state index in [1.807, 2.05) is 36.1 Å². The molecule has 0 unspecified atom stereocenters. The molecule has 5 rings (SSSR count). The van der Waals surface area contributed by atoms with Crippen molar-refractivity contribution in [2.75, 3.05) is 38.6 Å². The molecule has 1 fully saturated rings. The number of nitrogens with one attached hydrogen (secondary N) is 1. The predicted octanol–water partition coefficient (Wildman–Crippen LogP) is 6.06. The van der Waals surface area contributed by atoms with Gasteiger partial charge in [-0.1, -0.05) is 17.7 Å². The number of halogens is 3. The van der Waals surface area contributed by atoms with Crippen LogP contribution in [0, 0.1) is 6.92 Å². The number of urea groups is 1. The molecule has 3 aromatic carbocycles. The molecule has 192 valence electrons. The highest BCUT2D eigenvalue weighted by Gasteiger charge is 2.33. The van der Waals surface area contributed by atoms with E-state index < -0.39 is 11.7 Å². The minimum atomic E-state index is -4.51. The second kappa shape index (κ2) is 9.68. The van der Waals surface area contributed by atoms with Gasteiger partial charge in [0.15, 0.2) is 5.75 Å². The van der Waals surface area contributed by atoms with Crippen LogP contribution < -0.4 is 14.8 Å². The topological polar surface area (TPSA) is 66.4 Å². The number of anilines is 1. The molecule has 1 saturated heterocycles. The lowest BCUT2D eigenvalue weighted by molar-refractivity contribution is -0.137. The molecule has 2 aliphatic rings. The Kier molecular flexibility index (Phi) is 6.41. The van der Waals surface area contributed by atoms with E-state index in [4.69, 9.17) is 9.47 Å². The van der Waals surface area contributed by atoms with Crippen molar-refractivity contribution in [2.45, 2.75) is 13.1 Å². The van der Waals surface area contributed by atoms with Gasteiger partial charge in [-0.3, -0.25) is 0 Å². The summed E-state index contributed by atoms with van der Waals surface area (Å²) in [5.41, 5.74) is 1.68. The van der Waals surface area contributed by atoms with Crippen LogP contribution in [0.1, 0.15) is 16.7 Å². The first kappa shape index (κ1) is 24.5. The molecule has 2 aliphatic heterocycles. The lowest BCUT2D eigenvalue weighted by atomic mass is 10.1. The molecule has 0 aromatic heterocycles. The average Bonchev–Trinajstić information content (AvgIpc) is 3.05. The van der Waals surface area contributed by atoms with Gasteiger partial charge in [0.25, 0.3) is 0 Å². The lowest BCUT2D eigenvalue weighted by Gasteiger charge is -2.36. The van der Waals surface area contributed by atoms with Crippen molar-refractivity contribution in [2.24, 2.45) is 4.99 Å². The van der Waals surface area contributed by atoms with Gasteiger partial charge < -0.3 is 24.6 Å². The van der Waals surface area contributed by atoms with E-state index in [0.29, 0.717) is 54.8 Å². The highest BCUT2D eigenvalue weighted by molar-refractivity contribution is 6.04. The van der Waals surface area contributed by atoms with Gasteiger partial charge in [-0.05, 0) is 55.5 Å². The number of aliphatic imine (C=N–C) groups is 1. The molecule has 37 heavy (non-hydrogen) atoms. The van der Waals surface area contributed by atoms with Gasteiger partial charge >= 0.3 is 12.2 Å². The highest BCUT2D eigenvalue weighted by atomic mass is 19.4. The van der Waals surface area contributed by atoms with Crippen molar-refractivity contribution in [1.29, 1.82) is 0 Å². The third-order valence-electron chi connectivity index (χ3n) is 6.33. The smallest absolute Gasteiger partial charge is 0.416 e. The van der Waals surface area contributed by atoms with Crippen molar-refractivity contribution in [3.8, 4) is 17.2 Å². The van der Waals surface area contributed by atoms with Crippen LogP contribution in [0.5, 0.6) is 17.2 Å². The zero-order valence-corrected chi connectivity index (χ0v) is 20.3. The molecule has 0 atom stereocenters. The largest absolute Gasteiger partial charge is 0.497 e. The number of hydrogen-bond donors (Lipinski definition) is 1. The number of hydrogen-bond acceptors (Lipinski definition) is 5. The first-order valence-corrected chi connectivity index (χ1v) is 11.7. The number of rotatable bonds is 2. The molecular weight excluding hydrogens is 485 g/mol. The minimum Gasteiger partial charge on any atom is -0.497 e. The molecule has 2 amide bonds. The van der Waals surface area contributed by atoms with E-state index in [-0.39, 0.29) is 17.5 Å². The number of amides is 2. The Morgan fingerprint density at radius 3 is 2.35 bits per heavy atom. The number of carbonyl (C=O) groups excluding carboxylic acids is 1. The fourth-order valence-electron chi connectivity index (χ4n) is 4.26. The van der Waals surface area contributed by atoms with Crippen molar-refractivity contribution < 1.29 is 27.4 Å². The molecule has 10 heteroatoms.